The molecule has 0 spiro atoms. The molecule has 1 unspecified atom stereocenters. The molecule has 2 N–H and O–H groups in total. The van der Waals surface area contributed by atoms with Crippen molar-refractivity contribution in [2.24, 2.45) is 5.92 Å². The molecule has 0 aliphatic carbocycles. The summed E-state index contributed by atoms with van der Waals surface area (Å²) >= 11 is 0. The van der Waals surface area contributed by atoms with Crippen LogP contribution in [0.5, 0.6) is 0 Å². The van der Waals surface area contributed by atoms with Gasteiger partial charge >= 0.3 is 6.18 Å². The van der Waals surface area contributed by atoms with Crippen LogP contribution in [-0.4, -0.2) is 22.6 Å². The highest BCUT2D eigenvalue weighted by Crippen LogP contribution is 2.29. The van der Waals surface area contributed by atoms with Gasteiger partial charge in [-0.3, -0.25) is 0 Å². The van der Waals surface area contributed by atoms with Gasteiger partial charge in [-0.05, 0) is 26.2 Å². The van der Waals surface area contributed by atoms with Crippen molar-refractivity contribution in [3.05, 3.63) is 11.8 Å². The van der Waals surface area contributed by atoms with Crippen LogP contribution in [0.15, 0.2) is 6.07 Å². The van der Waals surface area contributed by atoms with E-state index in [1.807, 2.05) is 6.92 Å². The Morgan fingerprint density at radius 2 is 1.85 bits per heavy atom. The van der Waals surface area contributed by atoms with E-state index in [0.717, 1.165) is 12.5 Å². The van der Waals surface area contributed by atoms with Crippen molar-refractivity contribution >= 4 is 11.8 Å². The van der Waals surface area contributed by atoms with Crippen molar-refractivity contribution in [3.63, 3.8) is 0 Å². The van der Waals surface area contributed by atoms with Gasteiger partial charge in [0, 0.05) is 18.7 Å². The molecule has 4 nitrogen and oxygen atoms in total. The Morgan fingerprint density at radius 1 is 1.20 bits per heavy atom. The molecule has 0 fully saturated rings. The normalized spacial score (nSPS) is 13.4. The van der Waals surface area contributed by atoms with E-state index >= 15 is 0 Å². The van der Waals surface area contributed by atoms with Gasteiger partial charge in [-0.2, -0.15) is 18.2 Å². The Kier molecular flexibility index (Phi) is 5.59. The van der Waals surface area contributed by atoms with Crippen LogP contribution in [0.2, 0.25) is 0 Å². The lowest BCUT2D eigenvalue weighted by atomic mass is 10.1. The summed E-state index contributed by atoms with van der Waals surface area (Å²) in [5.41, 5.74) is -0.942. The number of rotatable bonds is 6. The van der Waals surface area contributed by atoms with Crippen LogP contribution < -0.4 is 10.6 Å². The summed E-state index contributed by atoms with van der Waals surface area (Å²) in [5.74, 6) is 0.632. The summed E-state index contributed by atoms with van der Waals surface area (Å²) < 4.78 is 38.4. The molecule has 0 amide bonds. The Morgan fingerprint density at radius 3 is 2.35 bits per heavy atom. The average molecular weight is 290 g/mol. The molecule has 0 bridgehead atoms. The molecular formula is C13H21F3N4. The fourth-order valence-corrected chi connectivity index (χ4v) is 1.92. The van der Waals surface area contributed by atoms with Crippen molar-refractivity contribution < 1.29 is 13.2 Å². The molecular weight excluding hydrogens is 269 g/mol. The number of nitrogens with one attached hydrogen (secondary N) is 2. The van der Waals surface area contributed by atoms with Crippen LogP contribution in [0.4, 0.5) is 24.9 Å². The number of halogens is 3. The number of hydrogen-bond donors (Lipinski definition) is 2. The lowest BCUT2D eigenvalue weighted by Crippen LogP contribution is -2.20. The Bertz CT molecular complexity index is 432. The van der Waals surface area contributed by atoms with Crippen LogP contribution in [0.3, 0.4) is 0 Å². The van der Waals surface area contributed by atoms with E-state index in [1.165, 1.54) is 0 Å². The molecule has 1 aromatic rings. The van der Waals surface area contributed by atoms with Crippen LogP contribution in [-0.2, 0) is 6.18 Å². The van der Waals surface area contributed by atoms with Crippen LogP contribution in [0, 0.1) is 5.92 Å². The molecule has 0 saturated heterocycles. The molecule has 1 atom stereocenters. The van der Waals surface area contributed by atoms with E-state index < -0.39 is 11.9 Å². The smallest absolute Gasteiger partial charge is 0.367 e. The molecule has 1 rings (SSSR count). The van der Waals surface area contributed by atoms with Crippen LogP contribution >= 0.6 is 0 Å². The summed E-state index contributed by atoms with van der Waals surface area (Å²) in [7, 11) is 0. The molecule has 1 heterocycles. The van der Waals surface area contributed by atoms with Gasteiger partial charge < -0.3 is 10.6 Å². The first kappa shape index (κ1) is 16.5. The predicted octanol–water partition coefficient (Wildman–Crippen LogP) is 3.77. The summed E-state index contributed by atoms with van der Waals surface area (Å²) in [6, 6.07) is 0.984. The van der Waals surface area contributed by atoms with E-state index in [4.69, 9.17) is 0 Å². The summed E-state index contributed by atoms with van der Waals surface area (Å²) in [6.07, 6.45) is -3.63. The standard InChI is InChI=1S/C13H21F3N4/c1-5-17-12-19-10(13(14,15)16)7-11(20-12)18-9(4)6-8(2)3/h7-9H,5-6H2,1-4H3,(H2,17,18,19,20). The van der Waals surface area contributed by atoms with Gasteiger partial charge in [-0.15, -0.1) is 0 Å². The number of hydrogen-bond acceptors (Lipinski definition) is 4. The third-order valence-electron chi connectivity index (χ3n) is 2.57. The quantitative estimate of drug-likeness (QED) is 0.837. The number of aromatic nitrogens is 2. The maximum absolute atomic E-state index is 12.8. The van der Waals surface area contributed by atoms with Crippen molar-refractivity contribution in [2.75, 3.05) is 17.2 Å². The van der Waals surface area contributed by atoms with Gasteiger partial charge in [0.15, 0.2) is 5.69 Å². The van der Waals surface area contributed by atoms with Crippen LogP contribution in [0.1, 0.15) is 39.8 Å². The topological polar surface area (TPSA) is 49.8 Å². The van der Waals surface area contributed by atoms with E-state index in [2.05, 4.69) is 34.4 Å². The molecule has 114 valence electrons. The highest BCUT2D eigenvalue weighted by molar-refractivity contribution is 5.43. The van der Waals surface area contributed by atoms with Gasteiger partial charge in [-0.25, -0.2) is 4.98 Å². The third-order valence-corrected chi connectivity index (χ3v) is 2.57. The number of anilines is 2. The van der Waals surface area contributed by atoms with Crippen molar-refractivity contribution in [3.8, 4) is 0 Å². The van der Waals surface area contributed by atoms with E-state index in [1.54, 1.807) is 6.92 Å². The second-order valence-electron chi connectivity index (χ2n) is 5.17. The molecule has 20 heavy (non-hydrogen) atoms. The van der Waals surface area contributed by atoms with E-state index in [-0.39, 0.29) is 17.8 Å². The van der Waals surface area contributed by atoms with Gasteiger partial charge in [0.1, 0.15) is 5.82 Å². The fourth-order valence-electron chi connectivity index (χ4n) is 1.92. The van der Waals surface area contributed by atoms with Crippen LogP contribution in [0.25, 0.3) is 0 Å². The Labute approximate surface area is 117 Å². The maximum Gasteiger partial charge on any atom is 0.433 e. The van der Waals surface area contributed by atoms with Gasteiger partial charge in [0.2, 0.25) is 5.95 Å². The maximum atomic E-state index is 12.8. The van der Waals surface area contributed by atoms with Crippen molar-refractivity contribution in [1.82, 2.24) is 9.97 Å². The first-order chi connectivity index (χ1) is 9.22. The summed E-state index contributed by atoms with van der Waals surface area (Å²) in [6.45, 7) is 8.27. The SMILES string of the molecule is CCNc1nc(NC(C)CC(C)C)cc(C(F)(F)F)n1. The van der Waals surface area contributed by atoms with Gasteiger partial charge in [-0.1, -0.05) is 13.8 Å². The van der Waals surface area contributed by atoms with Gasteiger partial charge in [0.25, 0.3) is 0 Å². The van der Waals surface area contributed by atoms with Crippen molar-refractivity contribution in [1.29, 1.82) is 0 Å². The van der Waals surface area contributed by atoms with E-state index in [0.29, 0.717) is 12.5 Å². The second kappa shape index (κ2) is 6.76. The largest absolute Gasteiger partial charge is 0.433 e. The average Bonchev–Trinajstić information content (AvgIpc) is 2.26. The number of alkyl halides is 3. The zero-order valence-corrected chi connectivity index (χ0v) is 12.2. The first-order valence-corrected chi connectivity index (χ1v) is 6.69. The molecule has 0 aromatic carbocycles. The molecule has 1 aromatic heterocycles. The minimum absolute atomic E-state index is 0.0124. The van der Waals surface area contributed by atoms with Crippen molar-refractivity contribution in [2.45, 2.75) is 46.3 Å². The third kappa shape index (κ3) is 5.22. The predicted molar refractivity (Wildman–Crippen MR) is 73.7 cm³/mol. The Balaban J connectivity index is 2.97. The minimum Gasteiger partial charge on any atom is -0.367 e. The zero-order valence-electron chi connectivity index (χ0n) is 12.2. The zero-order chi connectivity index (χ0) is 15.3. The molecule has 0 saturated carbocycles. The van der Waals surface area contributed by atoms with E-state index in [9.17, 15) is 13.2 Å². The molecule has 0 aliphatic heterocycles. The lowest BCUT2D eigenvalue weighted by molar-refractivity contribution is -0.141. The minimum atomic E-state index is -4.48. The fraction of sp³-hybridized carbons (Fsp3) is 0.692. The van der Waals surface area contributed by atoms with Gasteiger partial charge in [0.05, 0.1) is 0 Å². The molecule has 0 radical (unpaired) electrons. The number of nitrogens with zero attached hydrogens (tertiary/aromatic N) is 2. The highest BCUT2D eigenvalue weighted by atomic mass is 19.4. The molecule has 0 aliphatic rings. The monoisotopic (exact) mass is 290 g/mol. The lowest BCUT2D eigenvalue weighted by Gasteiger charge is -2.18. The first-order valence-electron chi connectivity index (χ1n) is 6.69. The summed E-state index contributed by atoms with van der Waals surface area (Å²) in [5, 5.41) is 5.71. The highest BCUT2D eigenvalue weighted by Gasteiger charge is 2.33. The Hall–Kier alpha value is -1.53. The summed E-state index contributed by atoms with van der Waals surface area (Å²) in [4.78, 5) is 7.53. The second-order valence-corrected chi connectivity index (χ2v) is 5.17. The molecule has 7 heteroatoms.